The van der Waals surface area contributed by atoms with Crippen LogP contribution in [0.1, 0.15) is 0 Å². The van der Waals surface area contributed by atoms with E-state index in [2.05, 4.69) is 0 Å². The summed E-state index contributed by atoms with van der Waals surface area (Å²) in [6, 6.07) is 0. The third-order valence-electron chi connectivity index (χ3n) is 0. The second kappa shape index (κ2) is 22.8. The Morgan fingerprint density at radius 3 is 0.571 bits per heavy atom. The minimum atomic E-state index is -1.75. The monoisotopic (exact) mass is 339 g/mol. The molecule has 14 heavy (non-hydrogen) atoms. The van der Waals surface area contributed by atoms with Crippen molar-refractivity contribution < 1.29 is 44.8 Å². The third-order valence-corrected chi connectivity index (χ3v) is 0. The zero-order chi connectivity index (χ0) is 10.7. The molecule has 0 spiro atoms. The summed E-state index contributed by atoms with van der Waals surface area (Å²) in [7, 11) is 0. The summed E-state index contributed by atoms with van der Waals surface area (Å²) in [5.41, 5.74) is 0. The summed E-state index contributed by atoms with van der Waals surface area (Å²) in [6.07, 6.45) is 0. The Kier molecular flexibility index (Phi) is 47.6. The van der Waals surface area contributed by atoms with Gasteiger partial charge in [0.1, 0.15) is 0 Å². The van der Waals surface area contributed by atoms with Crippen LogP contribution < -0.4 is 29.6 Å². The van der Waals surface area contributed by atoms with E-state index in [1.807, 2.05) is 0 Å². The fourth-order valence-corrected chi connectivity index (χ4v) is 0. The van der Waals surface area contributed by atoms with Gasteiger partial charge >= 0.3 is 53.2 Å². The van der Waals surface area contributed by atoms with E-state index in [4.69, 9.17) is 46.0 Å². The Morgan fingerprint density at radius 1 is 0.571 bits per heavy atom. The van der Waals surface area contributed by atoms with Gasteiger partial charge in [0.05, 0.1) is 15.3 Å². The van der Waals surface area contributed by atoms with Crippen molar-refractivity contribution in [1.82, 2.24) is 0 Å². The van der Waals surface area contributed by atoms with Crippen LogP contribution in [0.4, 0.5) is 0 Å². The van der Waals surface area contributed by atoms with Gasteiger partial charge < -0.3 is 46.0 Å². The van der Waals surface area contributed by atoms with Gasteiger partial charge in [0.25, 0.3) is 0 Å². The SMILES string of the molecule is O=[N+]([O-])[O-].O=[N+]([O-])[O-].O=[N+]([O-])[O-].[Na+].[Te+2]. The van der Waals surface area contributed by atoms with E-state index >= 15 is 0 Å². The second-order valence-corrected chi connectivity index (χ2v) is 0.671. The van der Waals surface area contributed by atoms with Crippen molar-refractivity contribution >= 4 is 23.7 Å². The molecule has 12 nitrogen and oxygen atoms in total. The second-order valence-electron chi connectivity index (χ2n) is 0.671. The molecule has 0 amide bonds. The first-order valence-corrected chi connectivity index (χ1v) is 1.64. The molecular formula is N3NaO9Te. The van der Waals surface area contributed by atoms with E-state index in [-0.39, 0.29) is 53.2 Å². The van der Waals surface area contributed by atoms with Gasteiger partial charge in [-0.1, -0.05) is 0 Å². The summed E-state index contributed by atoms with van der Waals surface area (Å²) in [5.74, 6) is 0. The molecule has 0 heterocycles. The first-order chi connectivity index (χ1) is 5.20. The summed E-state index contributed by atoms with van der Waals surface area (Å²) in [6.45, 7) is 0. The molecular weight excluding hydrogens is 337 g/mol. The Labute approximate surface area is 114 Å². The molecule has 0 aromatic heterocycles. The van der Waals surface area contributed by atoms with Crippen LogP contribution in [-0.2, 0) is 0 Å². The molecule has 0 aromatic carbocycles. The van der Waals surface area contributed by atoms with Gasteiger partial charge in [-0.3, -0.25) is 0 Å². The Bertz CT molecular complexity index is 118. The van der Waals surface area contributed by atoms with Gasteiger partial charge in [0.2, 0.25) is 0 Å². The van der Waals surface area contributed by atoms with E-state index < -0.39 is 15.3 Å². The molecule has 0 atom stereocenters. The van der Waals surface area contributed by atoms with Gasteiger partial charge in [0, 0.05) is 0 Å². The first-order valence-electron chi connectivity index (χ1n) is 1.64. The molecule has 76 valence electrons. The molecule has 14 heteroatoms. The zero-order valence-corrected chi connectivity index (χ0v) is 10.8. The minimum absolute atomic E-state index is 0. The van der Waals surface area contributed by atoms with Gasteiger partial charge in [-0.25, -0.2) is 0 Å². The predicted octanol–water partition coefficient (Wildman–Crippen LogP) is -4.09. The van der Waals surface area contributed by atoms with Crippen LogP contribution >= 0.6 is 0 Å². The molecule has 0 saturated heterocycles. The fourth-order valence-electron chi connectivity index (χ4n) is 0. The average molecular weight is 337 g/mol. The molecule has 0 aromatic rings. The van der Waals surface area contributed by atoms with E-state index in [1.165, 1.54) is 0 Å². The Balaban J connectivity index is -0.0000000270. The fraction of sp³-hybridized carbons (Fsp3) is 0. The summed E-state index contributed by atoms with van der Waals surface area (Å²) >= 11 is 0. The number of rotatable bonds is 0. The molecule has 4 radical (unpaired) electrons. The summed E-state index contributed by atoms with van der Waals surface area (Å²) < 4.78 is 0. The molecule has 0 N–H and O–H groups in total. The van der Waals surface area contributed by atoms with Gasteiger partial charge in [-0.15, -0.1) is 0 Å². The normalized spacial score (nSPS) is 5.14. The van der Waals surface area contributed by atoms with Crippen molar-refractivity contribution in [3.05, 3.63) is 46.0 Å². The number of hydrogen-bond donors (Lipinski definition) is 0. The van der Waals surface area contributed by atoms with E-state index in [0.717, 1.165) is 0 Å². The summed E-state index contributed by atoms with van der Waals surface area (Å²) in [5, 5.41) is 44.2. The van der Waals surface area contributed by atoms with Crippen molar-refractivity contribution in [3.63, 3.8) is 0 Å². The van der Waals surface area contributed by atoms with Crippen LogP contribution in [0, 0.1) is 46.0 Å². The van der Waals surface area contributed by atoms with E-state index in [9.17, 15) is 0 Å². The standard InChI is InChI=1S/3NO3.Na.Te/c3*2-1(3)4;;/q3*-1;+1;+2. The largest absolute Gasteiger partial charge is 2.00 e. The van der Waals surface area contributed by atoms with Crippen LogP contribution in [0.3, 0.4) is 0 Å². The molecule has 0 bridgehead atoms. The quantitative estimate of drug-likeness (QED) is 0.239. The Morgan fingerprint density at radius 2 is 0.571 bits per heavy atom. The van der Waals surface area contributed by atoms with Crippen molar-refractivity contribution in [2.24, 2.45) is 0 Å². The maximum absolute atomic E-state index is 8.25. The maximum atomic E-state index is 8.25. The van der Waals surface area contributed by atoms with Crippen LogP contribution in [-0.4, -0.2) is 38.9 Å². The van der Waals surface area contributed by atoms with Gasteiger partial charge in [-0.05, 0) is 0 Å². The smallest absolute Gasteiger partial charge is 0.356 e. The van der Waals surface area contributed by atoms with Crippen LogP contribution in [0.2, 0.25) is 0 Å². The number of hydrogen-bond acceptors (Lipinski definition) is 9. The summed E-state index contributed by atoms with van der Waals surface area (Å²) in [4.78, 5) is 24.8. The van der Waals surface area contributed by atoms with Crippen molar-refractivity contribution in [2.75, 3.05) is 0 Å². The third kappa shape index (κ3) is 3300. The molecule has 0 aliphatic carbocycles. The van der Waals surface area contributed by atoms with Crippen LogP contribution in [0.5, 0.6) is 0 Å². The molecule has 0 unspecified atom stereocenters. The predicted molar refractivity (Wildman–Crippen MR) is 36.8 cm³/mol. The van der Waals surface area contributed by atoms with Gasteiger partial charge in [0.15, 0.2) is 0 Å². The zero-order valence-electron chi connectivity index (χ0n) is 6.42. The van der Waals surface area contributed by atoms with E-state index in [1.54, 1.807) is 0 Å². The minimum Gasteiger partial charge on any atom is -0.356 e. The molecule has 0 saturated carbocycles. The average Bonchev–Trinajstić information content (AvgIpc) is 1.54. The van der Waals surface area contributed by atoms with Crippen LogP contribution in [0.25, 0.3) is 0 Å². The number of nitrogens with zero attached hydrogens (tertiary/aromatic N) is 3. The van der Waals surface area contributed by atoms with E-state index in [0.29, 0.717) is 0 Å². The van der Waals surface area contributed by atoms with Crippen molar-refractivity contribution in [2.45, 2.75) is 0 Å². The topological polar surface area (TPSA) is 199 Å². The Hall–Kier alpha value is -0.610. The van der Waals surface area contributed by atoms with Crippen molar-refractivity contribution in [1.29, 1.82) is 0 Å². The molecule has 0 rings (SSSR count). The molecule has 0 fully saturated rings. The first kappa shape index (κ1) is 29.2. The molecule has 0 aliphatic rings. The van der Waals surface area contributed by atoms with Crippen LogP contribution in [0.15, 0.2) is 0 Å². The van der Waals surface area contributed by atoms with Gasteiger partial charge in [-0.2, -0.15) is 0 Å². The maximum Gasteiger partial charge on any atom is 2.00 e. The molecule has 0 aliphatic heterocycles. The van der Waals surface area contributed by atoms with Crippen molar-refractivity contribution in [3.8, 4) is 0 Å².